The molecule has 2 heteroatoms. The molecule has 1 heterocycles. The molecule has 1 atom stereocenters. The molecule has 1 amide bonds. The Kier molecular flexibility index (Phi) is 2.28. The van der Waals surface area contributed by atoms with Gasteiger partial charge in [-0.05, 0) is 24.5 Å². The Bertz CT molecular complexity index is 359. The number of amides is 1. The van der Waals surface area contributed by atoms with E-state index in [-0.39, 0.29) is 11.9 Å². The summed E-state index contributed by atoms with van der Waals surface area (Å²) in [4.78, 5) is 13.3. The number of carbonyl (C=O) groups is 1. The van der Waals surface area contributed by atoms with E-state index >= 15 is 0 Å². The zero-order valence-electron chi connectivity index (χ0n) is 8.66. The molecule has 0 aromatic heterocycles. The summed E-state index contributed by atoms with van der Waals surface area (Å²) in [5.74, 6) is 0.173. The Morgan fingerprint density at radius 1 is 1.43 bits per heavy atom. The molecule has 2 nitrogen and oxygen atoms in total. The summed E-state index contributed by atoms with van der Waals surface area (Å²) in [5.41, 5.74) is 2.69. The normalized spacial score (nSPS) is 20.4. The van der Waals surface area contributed by atoms with E-state index in [1.165, 1.54) is 11.1 Å². The highest BCUT2D eigenvalue weighted by atomic mass is 16.2. The van der Waals surface area contributed by atoms with Crippen molar-refractivity contribution in [2.45, 2.75) is 26.3 Å². The average molecular weight is 189 g/mol. The predicted molar refractivity (Wildman–Crippen MR) is 55.9 cm³/mol. The summed E-state index contributed by atoms with van der Waals surface area (Å²) in [6, 6.07) is 8.62. The average Bonchev–Trinajstić information content (AvgIpc) is 2.18. The van der Waals surface area contributed by atoms with Gasteiger partial charge in [-0.1, -0.05) is 24.3 Å². The fraction of sp³-hybridized carbons (Fsp3) is 0.417. The van der Waals surface area contributed by atoms with E-state index in [1.54, 1.807) is 6.92 Å². The number of hydrogen-bond donors (Lipinski definition) is 0. The van der Waals surface area contributed by atoms with Crippen LogP contribution in [0.15, 0.2) is 24.3 Å². The van der Waals surface area contributed by atoms with E-state index in [1.807, 2.05) is 11.0 Å². The smallest absolute Gasteiger partial charge is 0.219 e. The first kappa shape index (κ1) is 9.25. The molecule has 0 saturated heterocycles. The topological polar surface area (TPSA) is 20.3 Å². The number of rotatable bonds is 0. The molecule has 74 valence electrons. The number of fused-ring (bicyclic) bond motifs is 1. The molecule has 1 aliphatic heterocycles. The van der Waals surface area contributed by atoms with E-state index in [9.17, 15) is 4.79 Å². The van der Waals surface area contributed by atoms with Crippen molar-refractivity contribution in [1.29, 1.82) is 0 Å². The Hall–Kier alpha value is -1.31. The first-order valence-corrected chi connectivity index (χ1v) is 5.05. The molecule has 14 heavy (non-hydrogen) atoms. The monoisotopic (exact) mass is 189 g/mol. The van der Waals surface area contributed by atoms with Gasteiger partial charge in [-0.2, -0.15) is 0 Å². The first-order chi connectivity index (χ1) is 6.70. The van der Waals surface area contributed by atoms with E-state index in [0.717, 1.165) is 13.0 Å². The van der Waals surface area contributed by atoms with E-state index in [2.05, 4.69) is 25.1 Å². The van der Waals surface area contributed by atoms with Crippen molar-refractivity contribution in [2.75, 3.05) is 6.54 Å². The summed E-state index contributed by atoms with van der Waals surface area (Å²) in [6.07, 6.45) is 0.986. The van der Waals surface area contributed by atoms with Crippen LogP contribution in [-0.2, 0) is 11.2 Å². The Morgan fingerprint density at radius 3 is 2.86 bits per heavy atom. The van der Waals surface area contributed by atoms with Crippen LogP contribution in [0.1, 0.15) is 31.0 Å². The van der Waals surface area contributed by atoms with Gasteiger partial charge >= 0.3 is 0 Å². The van der Waals surface area contributed by atoms with Gasteiger partial charge in [0.15, 0.2) is 0 Å². The summed E-state index contributed by atoms with van der Waals surface area (Å²) in [5, 5.41) is 0. The quantitative estimate of drug-likeness (QED) is 0.612. The molecular formula is C12H15NO. The van der Waals surface area contributed by atoms with Crippen molar-refractivity contribution in [1.82, 2.24) is 4.90 Å². The number of benzene rings is 1. The van der Waals surface area contributed by atoms with E-state index < -0.39 is 0 Å². The van der Waals surface area contributed by atoms with Gasteiger partial charge in [0.25, 0.3) is 0 Å². The Labute approximate surface area is 84.5 Å². The Balaban J connectivity index is 2.36. The molecule has 1 aromatic rings. The van der Waals surface area contributed by atoms with Gasteiger partial charge in [-0.3, -0.25) is 4.79 Å². The summed E-state index contributed by atoms with van der Waals surface area (Å²) >= 11 is 0. The molecular weight excluding hydrogens is 174 g/mol. The fourth-order valence-corrected chi connectivity index (χ4v) is 2.20. The minimum absolute atomic E-state index is 0.173. The molecule has 0 radical (unpaired) electrons. The largest absolute Gasteiger partial charge is 0.336 e. The summed E-state index contributed by atoms with van der Waals surface area (Å²) in [7, 11) is 0. The zero-order valence-corrected chi connectivity index (χ0v) is 8.66. The first-order valence-electron chi connectivity index (χ1n) is 5.05. The van der Waals surface area contributed by atoms with Crippen LogP contribution < -0.4 is 0 Å². The molecule has 2 rings (SSSR count). The maximum Gasteiger partial charge on any atom is 0.219 e. The van der Waals surface area contributed by atoms with Crippen molar-refractivity contribution in [3.05, 3.63) is 35.4 Å². The van der Waals surface area contributed by atoms with Gasteiger partial charge in [0.05, 0.1) is 6.04 Å². The maximum absolute atomic E-state index is 11.3. The van der Waals surface area contributed by atoms with Crippen molar-refractivity contribution < 1.29 is 4.79 Å². The van der Waals surface area contributed by atoms with Crippen molar-refractivity contribution in [3.8, 4) is 0 Å². The molecule has 0 N–H and O–H groups in total. The predicted octanol–water partition coefficient (Wildman–Crippen LogP) is 2.15. The van der Waals surface area contributed by atoms with Crippen LogP contribution in [0.5, 0.6) is 0 Å². The van der Waals surface area contributed by atoms with E-state index in [4.69, 9.17) is 0 Å². The van der Waals surface area contributed by atoms with Gasteiger partial charge in [-0.15, -0.1) is 0 Å². The maximum atomic E-state index is 11.3. The number of nitrogens with zero attached hydrogens (tertiary/aromatic N) is 1. The highest BCUT2D eigenvalue weighted by Crippen LogP contribution is 2.28. The fourth-order valence-electron chi connectivity index (χ4n) is 2.20. The van der Waals surface area contributed by atoms with Gasteiger partial charge in [-0.25, -0.2) is 0 Å². The van der Waals surface area contributed by atoms with E-state index in [0.29, 0.717) is 0 Å². The second-order valence-electron chi connectivity index (χ2n) is 3.84. The van der Waals surface area contributed by atoms with Crippen LogP contribution in [0.2, 0.25) is 0 Å². The van der Waals surface area contributed by atoms with Crippen LogP contribution >= 0.6 is 0 Å². The molecule has 0 saturated carbocycles. The molecule has 1 aliphatic rings. The van der Waals surface area contributed by atoms with Gasteiger partial charge in [0.2, 0.25) is 5.91 Å². The van der Waals surface area contributed by atoms with Crippen LogP contribution in [0.25, 0.3) is 0 Å². The summed E-state index contributed by atoms with van der Waals surface area (Å²) < 4.78 is 0. The third-order valence-corrected chi connectivity index (χ3v) is 3.00. The minimum atomic E-state index is 0.173. The van der Waals surface area contributed by atoms with Crippen molar-refractivity contribution >= 4 is 5.91 Å². The van der Waals surface area contributed by atoms with Crippen molar-refractivity contribution in [3.63, 3.8) is 0 Å². The zero-order chi connectivity index (χ0) is 10.1. The molecule has 0 bridgehead atoms. The highest BCUT2D eigenvalue weighted by molar-refractivity contribution is 5.74. The lowest BCUT2D eigenvalue weighted by Gasteiger charge is -2.34. The van der Waals surface area contributed by atoms with Crippen LogP contribution in [0, 0.1) is 0 Å². The second kappa shape index (κ2) is 3.45. The molecule has 0 spiro atoms. The van der Waals surface area contributed by atoms with Crippen LogP contribution in [-0.4, -0.2) is 17.4 Å². The van der Waals surface area contributed by atoms with Crippen molar-refractivity contribution in [2.24, 2.45) is 0 Å². The third kappa shape index (κ3) is 1.41. The third-order valence-electron chi connectivity index (χ3n) is 3.00. The van der Waals surface area contributed by atoms with Crippen LogP contribution in [0.3, 0.4) is 0 Å². The minimum Gasteiger partial charge on any atom is -0.336 e. The standard InChI is InChI=1S/C12H15NO/c1-9-12-6-4-3-5-11(12)7-8-13(9)10(2)14/h3-6,9H,7-8H2,1-2H3/t9-/m1/s1. The highest BCUT2D eigenvalue weighted by Gasteiger charge is 2.24. The SMILES string of the molecule is CC(=O)N1CCc2ccccc2[C@H]1C. The van der Waals surface area contributed by atoms with Crippen LogP contribution in [0.4, 0.5) is 0 Å². The molecule has 0 aliphatic carbocycles. The molecule has 0 unspecified atom stereocenters. The van der Waals surface area contributed by atoms with Gasteiger partial charge in [0.1, 0.15) is 0 Å². The lowest BCUT2D eigenvalue weighted by Crippen LogP contribution is -2.37. The van der Waals surface area contributed by atoms with Gasteiger partial charge in [0, 0.05) is 13.5 Å². The second-order valence-corrected chi connectivity index (χ2v) is 3.84. The number of carbonyl (C=O) groups excluding carboxylic acids is 1. The Morgan fingerprint density at radius 2 is 2.14 bits per heavy atom. The summed E-state index contributed by atoms with van der Waals surface area (Å²) in [6.45, 7) is 4.59. The molecule has 1 aromatic carbocycles. The lowest BCUT2D eigenvalue weighted by molar-refractivity contribution is -0.131. The number of hydrogen-bond acceptors (Lipinski definition) is 1. The lowest BCUT2D eigenvalue weighted by atomic mass is 9.94. The van der Waals surface area contributed by atoms with Gasteiger partial charge < -0.3 is 4.90 Å². The molecule has 0 fully saturated rings.